The second kappa shape index (κ2) is 16.9. The lowest BCUT2D eigenvalue weighted by Crippen LogP contribution is -2.06. The summed E-state index contributed by atoms with van der Waals surface area (Å²) in [7, 11) is 0.00849. The number of hydrogen-bond acceptors (Lipinski definition) is 4. The van der Waals surface area contributed by atoms with E-state index in [4.69, 9.17) is 14.6 Å². The van der Waals surface area contributed by atoms with E-state index in [9.17, 15) is 5.11 Å². The Morgan fingerprint density at radius 2 is 1.30 bits per heavy atom. The molecule has 0 amide bonds. The summed E-state index contributed by atoms with van der Waals surface area (Å²) in [6.07, 6.45) is 5.25. The molecule has 0 spiro atoms. The topological polar surface area (TPSA) is 69.9 Å². The van der Waals surface area contributed by atoms with Crippen LogP contribution in [-0.4, -0.2) is 31.7 Å². The van der Waals surface area contributed by atoms with E-state index in [-0.39, 0.29) is 9.76 Å². The van der Waals surface area contributed by atoms with E-state index in [1.54, 1.807) is 60.7 Å². The van der Waals surface area contributed by atoms with E-state index < -0.39 is 0 Å². The third-order valence-corrected chi connectivity index (χ3v) is 5.31. The van der Waals surface area contributed by atoms with Crippen molar-refractivity contribution in [3.8, 4) is 17.2 Å². The Kier molecular flexibility index (Phi) is 14.1. The smallest absolute Gasteiger partial charge is 0.161 e. The van der Waals surface area contributed by atoms with E-state index in [2.05, 4.69) is 6.58 Å². The van der Waals surface area contributed by atoms with Gasteiger partial charge in [-0.2, -0.15) is 0 Å². The molecule has 0 atom stereocenters. The molecule has 160 valence electrons. The maximum atomic E-state index is 9.19. The van der Waals surface area contributed by atoms with Crippen LogP contribution in [0, 0.1) is 0 Å². The van der Waals surface area contributed by atoms with Gasteiger partial charge in [0.25, 0.3) is 0 Å². The molecule has 0 bridgehead atoms. The molecule has 1 aliphatic heterocycles. The zero-order chi connectivity index (χ0) is 21.9. The SMILES string of the molecule is C1CC[SiH2]OC1.C=CCc1ccccc1O.Oc1ccccc1.Oc1ccccc1. The first kappa shape index (κ1) is 25.0. The molecule has 0 unspecified atom stereocenters. The molecule has 1 fully saturated rings. The lowest BCUT2D eigenvalue weighted by molar-refractivity contribution is 0.304. The molecule has 3 aromatic rings. The molecule has 3 N–H and O–H groups in total. The van der Waals surface area contributed by atoms with Gasteiger partial charge in [-0.05, 0) is 54.8 Å². The molecule has 4 nitrogen and oxygen atoms in total. The molecule has 0 radical (unpaired) electrons. The third kappa shape index (κ3) is 13.2. The van der Waals surface area contributed by atoms with Gasteiger partial charge >= 0.3 is 0 Å². The molecule has 0 saturated carbocycles. The molecule has 30 heavy (non-hydrogen) atoms. The fourth-order valence-corrected chi connectivity index (χ4v) is 3.55. The third-order valence-electron chi connectivity index (χ3n) is 3.95. The Bertz CT molecular complexity index is 742. The highest BCUT2D eigenvalue weighted by Crippen LogP contribution is 2.15. The second-order valence-corrected chi connectivity index (χ2v) is 7.99. The lowest BCUT2D eigenvalue weighted by atomic mass is 10.1. The van der Waals surface area contributed by atoms with Gasteiger partial charge in [-0.3, -0.25) is 0 Å². The standard InChI is InChI=1S/C9H10O.2C6H6O.C4H10OSi/c1-2-5-8-6-3-4-7-9(8)10;2*7-6-4-2-1-3-5-6;1-2-4-6-5-3-1/h2-4,6-7,10H,1,5H2;2*1-5,7H;1-4,6H2. The summed E-state index contributed by atoms with van der Waals surface area (Å²) >= 11 is 0. The minimum Gasteiger partial charge on any atom is -0.508 e. The maximum absolute atomic E-state index is 9.19. The monoisotopic (exact) mass is 424 g/mol. The number of hydrogen-bond donors (Lipinski definition) is 3. The van der Waals surface area contributed by atoms with Gasteiger partial charge in [-0.15, -0.1) is 6.58 Å². The average molecular weight is 425 g/mol. The average Bonchev–Trinajstić information content (AvgIpc) is 2.79. The largest absolute Gasteiger partial charge is 0.508 e. The van der Waals surface area contributed by atoms with Crippen LogP contribution in [0.5, 0.6) is 17.2 Å². The van der Waals surface area contributed by atoms with E-state index in [0.29, 0.717) is 17.2 Å². The predicted molar refractivity (Wildman–Crippen MR) is 127 cm³/mol. The van der Waals surface area contributed by atoms with E-state index in [1.807, 2.05) is 30.3 Å². The van der Waals surface area contributed by atoms with Gasteiger partial charge in [-0.1, -0.05) is 67.1 Å². The van der Waals surface area contributed by atoms with Gasteiger partial charge < -0.3 is 19.7 Å². The second-order valence-electron chi connectivity index (χ2n) is 6.47. The number of rotatable bonds is 2. The molecule has 5 heteroatoms. The van der Waals surface area contributed by atoms with Crippen molar-refractivity contribution in [2.75, 3.05) is 6.61 Å². The van der Waals surface area contributed by atoms with E-state index in [1.165, 1.54) is 18.9 Å². The van der Waals surface area contributed by atoms with Crippen molar-refractivity contribution in [3.63, 3.8) is 0 Å². The highest BCUT2D eigenvalue weighted by molar-refractivity contribution is 6.27. The van der Waals surface area contributed by atoms with Crippen LogP contribution in [0.25, 0.3) is 0 Å². The van der Waals surface area contributed by atoms with E-state index in [0.717, 1.165) is 18.6 Å². The van der Waals surface area contributed by atoms with Crippen molar-refractivity contribution < 1.29 is 19.7 Å². The maximum Gasteiger partial charge on any atom is 0.161 e. The van der Waals surface area contributed by atoms with Crippen LogP contribution in [0.15, 0.2) is 97.6 Å². The molecular formula is C25H32O4Si. The molecule has 0 aromatic heterocycles. The zero-order valence-corrected chi connectivity index (χ0v) is 18.8. The Hall–Kier alpha value is -3.02. The minimum absolute atomic E-state index is 0.00849. The van der Waals surface area contributed by atoms with Crippen molar-refractivity contribution in [1.82, 2.24) is 0 Å². The molecule has 1 saturated heterocycles. The molecule has 3 aromatic carbocycles. The predicted octanol–water partition coefficient (Wildman–Crippen LogP) is 5.20. The summed E-state index contributed by atoms with van der Waals surface area (Å²) in [6, 6.07) is 26.1. The number of aromatic hydroxyl groups is 3. The summed E-state index contributed by atoms with van der Waals surface area (Å²) < 4.78 is 5.21. The summed E-state index contributed by atoms with van der Waals surface area (Å²) in [5.74, 6) is 0.993. The Morgan fingerprint density at radius 1 is 0.767 bits per heavy atom. The summed E-state index contributed by atoms with van der Waals surface area (Å²) in [5.41, 5.74) is 0.928. The fraction of sp³-hybridized carbons (Fsp3) is 0.200. The van der Waals surface area contributed by atoms with Gasteiger partial charge in [0.1, 0.15) is 17.2 Å². The van der Waals surface area contributed by atoms with Gasteiger partial charge in [0, 0.05) is 6.61 Å². The van der Waals surface area contributed by atoms with Crippen LogP contribution >= 0.6 is 0 Å². The summed E-state index contributed by atoms with van der Waals surface area (Å²) in [5, 5.41) is 26.5. The number of para-hydroxylation sites is 3. The van der Waals surface area contributed by atoms with Crippen molar-refractivity contribution >= 4 is 9.76 Å². The number of benzene rings is 3. The van der Waals surface area contributed by atoms with Crippen LogP contribution in [0.2, 0.25) is 6.04 Å². The normalized spacial score (nSPS) is 12.7. The van der Waals surface area contributed by atoms with Gasteiger partial charge in [-0.25, -0.2) is 0 Å². The first-order valence-corrected chi connectivity index (χ1v) is 11.6. The van der Waals surface area contributed by atoms with Gasteiger partial charge in [0.2, 0.25) is 0 Å². The van der Waals surface area contributed by atoms with Crippen molar-refractivity contribution in [3.05, 3.63) is 103 Å². The highest BCUT2D eigenvalue weighted by atomic mass is 28.2. The van der Waals surface area contributed by atoms with Gasteiger partial charge in [0.15, 0.2) is 9.76 Å². The van der Waals surface area contributed by atoms with Crippen molar-refractivity contribution in [2.24, 2.45) is 0 Å². The number of allylic oxidation sites excluding steroid dienone is 1. The zero-order valence-electron chi connectivity index (χ0n) is 17.4. The molecule has 4 rings (SSSR count). The molecule has 1 aliphatic rings. The van der Waals surface area contributed by atoms with Crippen LogP contribution in [0.4, 0.5) is 0 Å². The summed E-state index contributed by atoms with van der Waals surface area (Å²) in [6.45, 7) is 4.65. The molecular weight excluding hydrogens is 392 g/mol. The van der Waals surface area contributed by atoms with Gasteiger partial charge in [0.05, 0.1) is 0 Å². The van der Waals surface area contributed by atoms with Crippen LogP contribution in [-0.2, 0) is 10.8 Å². The Labute approximate surface area is 182 Å². The highest BCUT2D eigenvalue weighted by Gasteiger charge is 1.96. The lowest BCUT2D eigenvalue weighted by Gasteiger charge is -2.07. The Balaban J connectivity index is 0.000000204. The van der Waals surface area contributed by atoms with Crippen LogP contribution in [0.1, 0.15) is 18.4 Å². The summed E-state index contributed by atoms with van der Waals surface area (Å²) in [4.78, 5) is 0. The van der Waals surface area contributed by atoms with E-state index >= 15 is 0 Å². The van der Waals surface area contributed by atoms with Crippen molar-refractivity contribution in [1.29, 1.82) is 0 Å². The molecule has 0 aliphatic carbocycles. The van der Waals surface area contributed by atoms with Crippen molar-refractivity contribution in [2.45, 2.75) is 25.3 Å². The fourth-order valence-electron chi connectivity index (χ4n) is 2.38. The Morgan fingerprint density at radius 3 is 1.60 bits per heavy atom. The number of phenolic OH excluding ortho intramolecular Hbond substituents is 3. The van der Waals surface area contributed by atoms with Crippen LogP contribution in [0.3, 0.4) is 0 Å². The first-order chi connectivity index (χ1) is 14.6. The van der Waals surface area contributed by atoms with Crippen LogP contribution < -0.4 is 0 Å². The minimum atomic E-state index is 0.00849. The molecule has 1 heterocycles. The first-order valence-electron chi connectivity index (χ1n) is 10.1. The quantitative estimate of drug-likeness (QED) is 0.390. The number of phenols is 3.